The van der Waals surface area contributed by atoms with Crippen LogP contribution in [0.15, 0.2) is 52.3 Å². The molecule has 3 aromatic rings. The van der Waals surface area contributed by atoms with Crippen LogP contribution in [0.25, 0.3) is 10.2 Å². The van der Waals surface area contributed by atoms with Crippen molar-refractivity contribution in [3.05, 3.63) is 48.0 Å². The highest BCUT2D eigenvalue weighted by Crippen LogP contribution is 2.32. The fourth-order valence-electron chi connectivity index (χ4n) is 2.28. The second-order valence-electron chi connectivity index (χ2n) is 5.05. The van der Waals surface area contributed by atoms with E-state index in [1.807, 2.05) is 24.5 Å². The van der Waals surface area contributed by atoms with E-state index in [0.717, 1.165) is 21.4 Å². The normalized spacial score (nSPS) is 11.6. The lowest BCUT2D eigenvalue weighted by Gasteiger charge is -2.06. The number of thiazole rings is 1. The van der Waals surface area contributed by atoms with Crippen molar-refractivity contribution in [3.63, 3.8) is 0 Å². The number of hydrogen-bond donors (Lipinski definition) is 1. The van der Waals surface area contributed by atoms with Gasteiger partial charge in [-0.2, -0.15) is 0 Å². The molecule has 0 fully saturated rings. The van der Waals surface area contributed by atoms with E-state index in [1.54, 1.807) is 23.9 Å². The molecule has 0 bridgehead atoms. The largest absolute Gasteiger partial charge is 0.298 e. The van der Waals surface area contributed by atoms with Crippen molar-refractivity contribution < 1.29 is 13.2 Å². The number of hydrogen-bond acceptors (Lipinski definition) is 6. The van der Waals surface area contributed by atoms with Gasteiger partial charge in [0.25, 0.3) is 5.91 Å². The lowest BCUT2D eigenvalue weighted by Crippen LogP contribution is -2.15. The molecule has 1 heterocycles. The number of aromatic nitrogens is 1. The maximum Gasteiger partial charge on any atom is 0.258 e. The van der Waals surface area contributed by atoms with Crippen molar-refractivity contribution in [1.82, 2.24) is 4.98 Å². The average molecular weight is 379 g/mol. The Balaban J connectivity index is 1.97. The quantitative estimate of drug-likeness (QED) is 0.701. The van der Waals surface area contributed by atoms with Crippen molar-refractivity contribution in [2.45, 2.75) is 9.79 Å². The summed E-state index contributed by atoms with van der Waals surface area (Å²) < 4.78 is 24.6. The van der Waals surface area contributed by atoms with Crippen molar-refractivity contribution in [3.8, 4) is 0 Å². The van der Waals surface area contributed by atoms with Gasteiger partial charge in [-0.05, 0) is 30.5 Å². The van der Waals surface area contributed by atoms with Gasteiger partial charge in [0.2, 0.25) is 0 Å². The molecule has 3 rings (SSSR count). The van der Waals surface area contributed by atoms with Crippen LogP contribution >= 0.6 is 23.1 Å². The van der Waals surface area contributed by atoms with Crippen LogP contribution in [0.2, 0.25) is 0 Å². The second-order valence-corrected chi connectivity index (χ2v) is 8.91. The van der Waals surface area contributed by atoms with E-state index in [4.69, 9.17) is 0 Å². The Hall–Kier alpha value is -1.90. The van der Waals surface area contributed by atoms with Crippen LogP contribution in [0, 0.1) is 0 Å². The van der Waals surface area contributed by atoms with E-state index in [-0.39, 0.29) is 10.5 Å². The summed E-state index contributed by atoms with van der Waals surface area (Å²) in [6, 6.07) is 12.0. The fraction of sp³-hybridized carbons (Fsp3) is 0.125. The maximum absolute atomic E-state index is 12.5. The molecule has 0 saturated carbocycles. The summed E-state index contributed by atoms with van der Waals surface area (Å²) in [6.07, 6.45) is 3.05. The number of anilines is 1. The van der Waals surface area contributed by atoms with E-state index in [0.29, 0.717) is 5.13 Å². The van der Waals surface area contributed by atoms with E-state index < -0.39 is 15.7 Å². The molecule has 8 heteroatoms. The fourth-order valence-corrected chi connectivity index (χ4v) is 4.69. The van der Waals surface area contributed by atoms with E-state index >= 15 is 0 Å². The zero-order valence-electron chi connectivity index (χ0n) is 12.9. The van der Waals surface area contributed by atoms with Crippen LogP contribution in [0.5, 0.6) is 0 Å². The number of sulfone groups is 1. The Bertz CT molecular complexity index is 1030. The number of thioether (sulfide) groups is 1. The van der Waals surface area contributed by atoms with Gasteiger partial charge in [-0.3, -0.25) is 10.1 Å². The summed E-state index contributed by atoms with van der Waals surface area (Å²) in [6.45, 7) is 0. The van der Waals surface area contributed by atoms with Crippen LogP contribution in [-0.4, -0.2) is 31.8 Å². The maximum atomic E-state index is 12.5. The van der Waals surface area contributed by atoms with Crippen molar-refractivity contribution in [1.29, 1.82) is 0 Å². The first-order valence-corrected chi connectivity index (χ1v) is 10.9. The van der Waals surface area contributed by atoms with Gasteiger partial charge in [-0.1, -0.05) is 29.5 Å². The molecule has 0 saturated heterocycles. The third-order valence-corrected chi connectivity index (χ3v) is 6.21. The Morgan fingerprint density at radius 2 is 1.92 bits per heavy atom. The third kappa shape index (κ3) is 3.31. The molecule has 0 aliphatic rings. The Morgan fingerprint density at radius 3 is 2.62 bits per heavy atom. The van der Waals surface area contributed by atoms with Gasteiger partial charge in [-0.25, -0.2) is 13.4 Å². The standard InChI is InChI=1S/C16H14N2O3S3/c1-22-11-7-5-8-12-14(11)17-16(23-12)18-15(19)10-6-3-4-9-13(10)24(2,20)21/h3-9H,1-2H3,(H,17,18,19). The Morgan fingerprint density at radius 1 is 1.17 bits per heavy atom. The predicted molar refractivity (Wildman–Crippen MR) is 98.9 cm³/mol. The van der Waals surface area contributed by atoms with E-state index in [2.05, 4.69) is 10.3 Å². The number of benzene rings is 2. The van der Waals surface area contributed by atoms with Gasteiger partial charge in [0.05, 0.1) is 20.7 Å². The van der Waals surface area contributed by atoms with E-state index in [1.165, 1.54) is 23.5 Å². The van der Waals surface area contributed by atoms with Gasteiger partial charge in [0.15, 0.2) is 15.0 Å². The summed E-state index contributed by atoms with van der Waals surface area (Å²) in [4.78, 5) is 18.0. The molecule has 1 amide bonds. The number of rotatable bonds is 4. The highest BCUT2D eigenvalue weighted by Gasteiger charge is 2.19. The van der Waals surface area contributed by atoms with Crippen molar-refractivity contribution >= 4 is 54.2 Å². The van der Waals surface area contributed by atoms with Gasteiger partial charge in [0, 0.05) is 11.2 Å². The third-order valence-electron chi connectivity index (χ3n) is 3.35. The summed E-state index contributed by atoms with van der Waals surface area (Å²) in [5, 5.41) is 3.15. The molecule has 0 spiro atoms. The number of carbonyl (C=O) groups is 1. The summed E-state index contributed by atoms with van der Waals surface area (Å²) >= 11 is 2.94. The Labute approximate surface area is 148 Å². The number of carbonyl (C=O) groups excluding carboxylic acids is 1. The first kappa shape index (κ1) is 16.9. The molecule has 24 heavy (non-hydrogen) atoms. The SMILES string of the molecule is CSc1cccc2sc(NC(=O)c3ccccc3S(C)(=O)=O)nc12. The molecule has 0 radical (unpaired) electrons. The first-order valence-electron chi connectivity index (χ1n) is 6.94. The zero-order valence-corrected chi connectivity index (χ0v) is 15.4. The minimum absolute atomic E-state index is 0.00779. The number of nitrogens with one attached hydrogen (secondary N) is 1. The van der Waals surface area contributed by atoms with Crippen LogP contribution in [0.3, 0.4) is 0 Å². The topological polar surface area (TPSA) is 76.1 Å². The van der Waals surface area contributed by atoms with Crippen molar-refractivity contribution in [2.75, 3.05) is 17.8 Å². The van der Waals surface area contributed by atoms with Crippen LogP contribution in [-0.2, 0) is 9.84 Å². The van der Waals surface area contributed by atoms with Crippen LogP contribution in [0.1, 0.15) is 10.4 Å². The van der Waals surface area contributed by atoms with Crippen LogP contribution < -0.4 is 5.32 Å². The Kier molecular flexibility index (Phi) is 4.62. The predicted octanol–water partition coefficient (Wildman–Crippen LogP) is 3.67. The molecule has 0 unspecified atom stereocenters. The van der Waals surface area contributed by atoms with Crippen molar-refractivity contribution in [2.24, 2.45) is 0 Å². The zero-order chi connectivity index (χ0) is 17.3. The number of fused-ring (bicyclic) bond motifs is 1. The highest BCUT2D eigenvalue weighted by atomic mass is 32.2. The van der Waals surface area contributed by atoms with E-state index in [9.17, 15) is 13.2 Å². The minimum atomic E-state index is -3.49. The first-order chi connectivity index (χ1) is 11.4. The number of amides is 1. The molecule has 1 aromatic heterocycles. The highest BCUT2D eigenvalue weighted by molar-refractivity contribution is 7.98. The molecule has 0 aliphatic heterocycles. The summed E-state index contributed by atoms with van der Waals surface area (Å²) in [7, 11) is -3.49. The summed E-state index contributed by atoms with van der Waals surface area (Å²) in [5.41, 5.74) is 0.950. The molecular formula is C16H14N2O3S3. The molecule has 2 aromatic carbocycles. The smallest absolute Gasteiger partial charge is 0.258 e. The van der Waals surface area contributed by atoms with Gasteiger partial charge in [-0.15, -0.1) is 11.8 Å². The summed E-state index contributed by atoms with van der Waals surface area (Å²) in [5.74, 6) is -0.485. The molecule has 1 N–H and O–H groups in total. The molecule has 0 atom stereocenters. The lowest BCUT2D eigenvalue weighted by molar-refractivity contribution is 0.102. The van der Waals surface area contributed by atoms with Gasteiger partial charge >= 0.3 is 0 Å². The minimum Gasteiger partial charge on any atom is -0.298 e. The monoisotopic (exact) mass is 378 g/mol. The van der Waals surface area contributed by atoms with Crippen LogP contribution in [0.4, 0.5) is 5.13 Å². The van der Waals surface area contributed by atoms with Gasteiger partial charge < -0.3 is 0 Å². The number of nitrogens with zero attached hydrogens (tertiary/aromatic N) is 1. The number of para-hydroxylation sites is 1. The molecule has 5 nitrogen and oxygen atoms in total. The second kappa shape index (κ2) is 6.54. The average Bonchev–Trinajstić information content (AvgIpc) is 2.96. The molecule has 124 valence electrons. The van der Waals surface area contributed by atoms with Gasteiger partial charge in [0.1, 0.15) is 0 Å². The molecule has 0 aliphatic carbocycles. The lowest BCUT2D eigenvalue weighted by atomic mass is 10.2. The molecular weight excluding hydrogens is 364 g/mol.